The topological polar surface area (TPSA) is 94.6 Å². The average Bonchev–Trinajstić information content (AvgIpc) is 3.07. The molecule has 2 heterocycles. The number of fused-ring (bicyclic) bond motifs is 1. The van der Waals surface area contributed by atoms with Crippen LogP contribution in [0.5, 0.6) is 11.5 Å². The Balaban J connectivity index is 1.57. The van der Waals surface area contributed by atoms with E-state index in [1.807, 2.05) is 0 Å². The van der Waals surface area contributed by atoms with Crippen molar-refractivity contribution in [2.24, 2.45) is 0 Å². The number of carbonyl (C=O) groups is 1. The number of ether oxygens (including phenoxy) is 3. The van der Waals surface area contributed by atoms with Crippen molar-refractivity contribution >= 4 is 17.5 Å². The third kappa shape index (κ3) is 3.90. The third-order valence-corrected chi connectivity index (χ3v) is 3.35. The van der Waals surface area contributed by atoms with Gasteiger partial charge in [-0.3, -0.25) is 4.79 Å². The van der Waals surface area contributed by atoms with Crippen molar-refractivity contribution in [3.63, 3.8) is 0 Å². The summed E-state index contributed by atoms with van der Waals surface area (Å²) in [7, 11) is 1.66. The van der Waals surface area contributed by atoms with Crippen molar-refractivity contribution in [2.75, 3.05) is 37.7 Å². The van der Waals surface area contributed by atoms with Gasteiger partial charge in [-0.2, -0.15) is 0 Å². The molecule has 24 heavy (non-hydrogen) atoms. The fraction of sp³-hybridized carbons (Fsp3) is 0.312. The van der Waals surface area contributed by atoms with Crippen LogP contribution in [-0.2, 0) is 4.74 Å². The molecule has 1 aliphatic heterocycles. The zero-order valence-corrected chi connectivity index (χ0v) is 13.2. The van der Waals surface area contributed by atoms with Gasteiger partial charge in [0, 0.05) is 44.4 Å². The van der Waals surface area contributed by atoms with Gasteiger partial charge < -0.3 is 24.8 Å². The van der Waals surface area contributed by atoms with Gasteiger partial charge in [-0.05, 0) is 18.6 Å². The summed E-state index contributed by atoms with van der Waals surface area (Å²) in [5, 5.41) is 5.84. The Kier molecular flexibility index (Phi) is 5.07. The summed E-state index contributed by atoms with van der Waals surface area (Å²) in [5.74, 6) is 1.46. The van der Waals surface area contributed by atoms with Crippen LogP contribution in [0.1, 0.15) is 16.8 Å². The zero-order valence-electron chi connectivity index (χ0n) is 13.2. The number of anilines is 2. The van der Waals surface area contributed by atoms with Crippen LogP contribution >= 0.6 is 0 Å². The molecule has 2 N–H and O–H groups in total. The summed E-state index contributed by atoms with van der Waals surface area (Å²) < 4.78 is 15.5. The van der Waals surface area contributed by atoms with Crippen LogP contribution in [0, 0.1) is 0 Å². The van der Waals surface area contributed by atoms with E-state index < -0.39 is 0 Å². The molecule has 1 amide bonds. The number of hydrogen-bond donors (Lipinski definition) is 2. The van der Waals surface area contributed by atoms with Gasteiger partial charge in [-0.25, -0.2) is 9.97 Å². The van der Waals surface area contributed by atoms with E-state index in [4.69, 9.17) is 14.2 Å². The average molecular weight is 330 g/mol. The maximum Gasteiger partial charge on any atom is 0.258 e. The second kappa shape index (κ2) is 7.60. The minimum Gasteiger partial charge on any atom is -0.454 e. The van der Waals surface area contributed by atoms with E-state index in [2.05, 4.69) is 20.6 Å². The summed E-state index contributed by atoms with van der Waals surface area (Å²) in [5.41, 5.74) is 0.987. The first-order chi connectivity index (χ1) is 11.8. The van der Waals surface area contributed by atoms with E-state index in [1.165, 1.54) is 12.4 Å². The lowest BCUT2D eigenvalue weighted by molar-refractivity contribution is 0.102. The van der Waals surface area contributed by atoms with Crippen molar-refractivity contribution in [3.8, 4) is 11.5 Å². The fourth-order valence-electron chi connectivity index (χ4n) is 2.13. The highest BCUT2D eigenvalue weighted by molar-refractivity contribution is 6.04. The van der Waals surface area contributed by atoms with Gasteiger partial charge in [0.1, 0.15) is 0 Å². The summed E-state index contributed by atoms with van der Waals surface area (Å²) >= 11 is 0. The molecule has 0 spiro atoms. The molecule has 0 atom stereocenters. The van der Waals surface area contributed by atoms with E-state index in [0.29, 0.717) is 41.8 Å². The Labute approximate surface area is 139 Å². The van der Waals surface area contributed by atoms with Crippen molar-refractivity contribution < 1.29 is 19.0 Å². The molecule has 0 aliphatic carbocycles. The molecule has 3 rings (SSSR count). The van der Waals surface area contributed by atoms with Crippen LogP contribution in [0.15, 0.2) is 30.6 Å². The zero-order chi connectivity index (χ0) is 16.8. The lowest BCUT2D eigenvalue weighted by atomic mass is 10.2. The third-order valence-electron chi connectivity index (χ3n) is 3.35. The van der Waals surface area contributed by atoms with E-state index >= 15 is 0 Å². The Bertz CT molecular complexity index is 706. The molecule has 126 valence electrons. The molecular formula is C16H18N4O4. The number of nitrogens with zero attached hydrogens (tertiary/aromatic N) is 2. The van der Waals surface area contributed by atoms with Crippen LogP contribution < -0.4 is 20.1 Å². The highest BCUT2D eigenvalue weighted by Crippen LogP contribution is 2.34. The maximum atomic E-state index is 12.2. The van der Waals surface area contributed by atoms with Crippen LogP contribution in [0.3, 0.4) is 0 Å². The van der Waals surface area contributed by atoms with Gasteiger partial charge in [-0.1, -0.05) is 0 Å². The molecule has 0 unspecified atom stereocenters. The number of amides is 1. The van der Waals surface area contributed by atoms with E-state index in [-0.39, 0.29) is 12.7 Å². The smallest absolute Gasteiger partial charge is 0.258 e. The predicted molar refractivity (Wildman–Crippen MR) is 87.5 cm³/mol. The second-order valence-corrected chi connectivity index (χ2v) is 5.09. The molecule has 1 aliphatic rings. The molecule has 8 heteroatoms. The molecule has 1 aromatic carbocycles. The number of rotatable bonds is 7. The van der Waals surface area contributed by atoms with E-state index in [9.17, 15) is 4.79 Å². The molecule has 2 aromatic rings. The van der Waals surface area contributed by atoms with Crippen LogP contribution in [0.25, 0.3) is 0 Å². The van der Waals surface area contributed by atoms with Crippen molar-refractivity contribution in [1.29, 1.82) is 0 Å². The monoisotopic (exact) mass is 330 g/mol. The highest BCUT2D eigenvalue weighted by atomic mass is 16.7. The number of hydrogen-bond acceptors (Lipinski definition) is 7. The van der Waals surface area contributed by atoms with Crippen molar-refractivity contribution in [1.82, 2.24) is 9.97 Å². The quantitative estimate of drug-likeness (QED) is 0.749. The summed E-state index contributed by atoms with van der Waals surface area (Å²) in [6.45, 7) is 1.57. The van der Waals surface area contributed by atoms with Crippen molar-refractivity contribution in [3.05, 3.63) is 36.2 Å². The Morgan fingerprint density at radius 3 is 2.83 bits per heavy atom. The van der Waals surface area contributed by atoms with Gasteiger partial charge in [-0.15, -0.1) is 0 Å². The fourth-order valence-corrected chi connectivity index (χ4v) is 2.13. The number of carbonyl (C=O) groups excluding carboxylic acids is 1. The first-order valence-corrected chi connectivity index (χ1v) is 7.52. The Hall–Kier alpha value is -2.87. The molecule has 1 aromatic heterocycles. The molecule has 0 saturated carbocycles. The van der Waals surface area contributed by atoms with E-state index in [1.54, 1.807) is 25.3 Å². The summed E-state index contributed by atoms with van der Waals surface area (Å²) in [6.07, 6.45) is 3.81. The molecule has 0 fully saturated rings. The van der Waals surface area contributed by atoms with Gasteiger partial charge in [0.05, 0.1) is 5.56 Å². The van der Waals surface area contributed by atoms with Crippen LogP contribution in [0.2, 0.25) is 0 Å². The SMILES string of the molecule is COCCCNc1ncc(C(=O)Nc2ccc3c(c2)OCO3)cn1. The summed E-state index contributed by atoms with van der Waals surface area (Å²) in [6, 6.07) is 5.21. The Morgan fingerprint density at radius 2 is 2.04 bits per heavy atom. The molecule has 8 nitrogen and oxygen atoms in total. The number of benzene rings is 1. The van der Waals surface area contributed by atoms with Crippen molar-refractivity contribution in [2.45, 2.75) is 6.42 Å². The molecule has 0 bridgehead atoms. The molecule has 0 radical (unpaired) electrons. The minimum atomic E-state index is -0.292. The summed E-state index contributed by atoms with van der Waals surface area (Å²) in [4.78, 5) is 20.5. The lowest BCUT2D eigenvalue weighted by Crippen LogP contribution is -2.14. The molecule has 0 saturated heterocycles. The van der Waals surface area contributed by atoms with Crippen LogP contribution in [0.4, 0.5) is 11.6 Å². The van der Waals surface area contributed by atoms with Gasteiger partial charge in [0.25, 0.3) is 5.91 Å². The lowest BCUT2D eigenvalue weighted by Gasteiger charge is -2.07. The van der Waals surface area contributed by atoms with Gasteiger partial charge in [0.2, 0.25) is 12.7 Å². The standard InChI is InChI=1S/C16H18N4O4/c1-22-6-2-5-17-16-18-8-11(9-19-16)15(21)20-12-3-4-13-14(7-12)24-10-23-13/h3-4,7-9H,2,5-6,10H2,1H3,(H,20,21)(H,17,18,19). The largest absolute Gasteiger partial charge is 0.454 e. The van der Waals surface area contributed by atoms with Gasteiger partial charge in [0.15, 0.2) is 11.5 Å². The van der Waals surface area contributed by atoms with E-state index in [0.717, 1.165) is 6.42 Å². The molecular weight excluding hydrogens is 312 g/mol. The first kappa shape index (κ1) is 16.0. The van der Waals surface area contributed by atoms with Gasteiger partial charge >= 0.3 is 0 Å². The number of methoxy groups -OCH3 is 1. The Morgan fingerprint density at radius 1 is 1.25 bits per heavy atom. The normalized spacial score (nSPS) is 12.0. The number of aromatic nitrogens is 2. The predicted octanol–water partition coefficient (Wildman–Crippen LogP) is 1.91. The highest BCUT2D eigenvalue weighted by Gasteiger charge is 2.15. The first-order valence-electron chi connectivity index (χ1n) is 7.52. The van der Waals surface area contributed by atoms with Crippen LogP contribution in [-0.4, -0.2) is 42.9 Å². The number of nitrogens with one attached hydrogen (secondary N) is 2. The minimum absolute atomic E-state index is 0.194. The second-order valence-electron chi connectivity index (χ2n) is 5.09. The maximum absolute atomic E-state index is 12.2.